The lowest BCUT2D eigenvalue weighted by Gasteiger charge is -2.20. The van der Waals surface area contributed by atoms with E-state index >= 15 is 0 Å². The second-order valence-electron chi connectivity index (χ2n) is 8.10. The van der Waals surface area contributed by atoms with Gasteiger partial charge in [0.1, 0.15) is 11.9 Å². The maximum atomic E-state index is 13.0. The van der Waals surface area contributed by atoms with E-state index in [1.54, 1.807) is 58.3 Å². The first-order valence-corrected chi connectivity index (χ1v) is 12.6. The van der Waals surface area contributed by atoms with Crippen LogP contribution in [0.25, 0.3) is 0 Å². The first-order valence-electron chi connectivity index (χ1n) is 11.0. The van der Waals surface area contributed by atoms with Gasteiger partial charge in [-0.3, -0.25) is 20.0 Å². The van der Waals surface area contributed by atoms with E-state index in [-0.39, 0.29) is 24.0 Å². The summed E-state index contributed by atoms with van der Waals surface area (Å²) in [7, 11) is -3.68. The van der Waals surface area contributed by atoms with Gasteiger partial charge in [0.15, 0.2) is 0 Å². The number of anilines is 2. The second-order valence-corrected chi connectivity index (χ2v) is 9.97. The van der Waals surface area contributed by atoms with Crippen molar-refractivity contribution in [1.82, 2.24) is 4.72 Å². The van der Waals surface area contributed by atoms with Crippen molar-refractivity contribution in [3.63, 3.8) is 0 Å². The van der Waals surface area contributed by atoms with Crippen LogP contribution in [0.2, 0.25) is 0 Å². The van der Waals surface area contributed by atoms with Gasteiger partial charge >= 0.3 is 12.0 Å². The Labute approximate surface area is 198 Å². The highest BCUT2D eigenvalue weighted by atomic mass is 32.2. The van der Waals surface area contributed by atoms with Crippen LogP contribution in [0.15, 0.2) is 48.5 Å². The van der Waals surface area contributed by atoms with Crippen LogP contribution < -0.4 is 20.3 Å². The van der Waals surface area contributed by atoms with Gasteiger partial charge in [-0.05, 0) is 54.8 Å². The number of carboxylic acids is 1. The number of sulfonamides is 1. The van der Waals surface area contributed by atoms with Crippen molar-refractivity contribution < 1.29 is 23.1 Å². The number of urea groups is 1. The van der Waals surface area contributed by atoms with Crippen LogP contribution >= 0.6 is 0 Å². The predicted molar refractivity (Wildman–Crippen MR) is 131 cm³/mol. The van der Waals surface area contributed by atoms with Gasteiger partial charge in [0.2, 0.25) is 10.0 Å². The summed E-state index contributed by atoms with van der Waals surface area (Å²) >= 11 is 0. The van der Waals surface area contributed by atoms with Crippen molar-refractivity contribution in [3.8, 4) is 0 Å². The topological polar surface area (TPSA) is 157 Å². The van der Waals surface area contributed by atoms with Gasteiger partial charge in [0, 0.05) is 30.0 Å². The van der Waals surface area contributed by atoms with Crippen molar-refractivity contribution in [3.05, 3.63) is 59.7 Å². The Morgan fingerprint density at radius 2 is 1.62 bits per heavy atom. The molecule has 3 rings (SSSR count). The Morgan fingerprint density at radius 3 is 2.09 bits per heavy atom. The smallest absolute Gasteiger partial charge is 0.329 e. The number of nitrogens with two attached hydrogens (primary N) is 1. The highest BCUT2D eigenvalue weighted by molar-refractivity contribution is 7.89. The molecular weight excluding hydrogens is 458 g/mol. The van der Waals surface area contributed by atoms with Crippen molar-refractivity contribution in [1.29, 1.82) is 5.41 Å². The van der Waals surface area contributed by atoms with Crippen LogP contribution in [0.4, 0.5) is 16.2 Å². The largest absolute Gasteiger partial charge is 0.480 e. The van der Waals surface area contributed by atoms with Crippen molar-refractivity contribution in [2.24, 2.45) is 5.73 Å². The fraction of sp³-hybridized carbons (Fsp3) is 0.348. The molecule has 0 saturated carbocycles. The first-order chi connectivity index (χ1) is 16.1. The third-order valence-corrected chi connectivity index (χ3v) is 7.04. The summed E-state index contributed by atoms with van der Waals surface area (Å²) in [6.07, 6.45) is 1.14. The molecule has 2 amide bonds. The van der Waals surface area contributed by atoms with Crippen molar-refractivity contribution in [2.45, 2.75) is 32.2 Å². The molecule has 0 bridgehead atoms. The summed E-state index contributed by atoms with van der Waals surface area (Å²) in [5.41, 5.74) is 8.06. The highest BCUT2D eigenvalue weighted by Gasteiger charge is 2.31. The molecule has 1 unspecified atom stereocenters. The number of nitrogens with one attached hydrogen (secondary N) is 2. The lowest BCUT2D eigenvalue weighted by atomic mass is 10.1. The minimum absolute atomic E-state index is 0.0104. The Bertz CT molecular complexity index is 1150. The number of hydrogen-bond donors (Lipinski definition) is 4. The molecular formula is C23H29N5O5S. The highest BCUT2D eigenvalue weighted by Crippen LogP contribution is 2.26. The average molecular weight is 488 g/mol. The molecule has 1 aliphatic rings. The van der Waals surface area contributed by atoms with Gasteiger partial charge in [0.05, 0.1) is 5.75 Å². The van der Waals surface area contributed by atoms with Crippen molar-refractivity contribution >= 4 is 39.2 Å². The molecule has 1 atom stereocenters. The van der Waals surface area contributed by atoms with Gasteiger partial charge in [-0.2, -0.15) is 0 Å². The minimum Gasteiger partial charge on any atom is -0.480 e. The van der Waals surface area contributed by atoms with Crippen LogP contribution in [-0.2, 0) is 21.2 Å². The first kappa shape index (κ1) is 25.2. The number of carboxylic acid groups (broad SMARTS) is 1. The Balaban J connectivity index is 1.67. The SMILES string of the molecule is CCCCS(=O)(=O)NC(Cc1ccc(N2CCN(c3ccc(C(=N)N)cc3)C2=O)cc1)C(=O)O. The predicted octanol–water partition coefficient (Wildman–Crippen LogP) is 2.13. The van der Waals surface area contributed by atoms with Crippen LogP contribution in [0.5, 0.6) is 0 Å². The maximum absolute atomic E-state index is 13.0. The third kappa shape index (κ3) is 6.12. The Morgan fingerprint density at radius 1 is 1.09 bits per heavy atom. The fourth-order valence-corrected chi connectivity index (χ4v) is 5.08. The standard InChI is InChI=1S/C23H29N5O5S/c1-2-3-14-34(32,33)26-20(22(29)30)15-16-4-8-18(9-5-16)27-12-13-28(23(27)31)19-10-6-17(7-11-19)21(24)25/h4-11,20,26H,2-3,12-15H2,1H3,(H3,24,25)(H,29,30). The summed E-state index contributed by atoms with van der Waals surface area (Å²) in [5, 5.41) is 16.9. The van der Waals surface area contributed by atoms with Crippen molar-refractivity contribution in [2.75, 3.05) is 28.6 Å². The molecule has 34 heavy (non-hydrogen) atoms. The van der Waals surface area contributed by atoms with E-state index in [9.17, 15) is 23.1 Å². The van der Waals surface area contributed by atoms with E-state index in [1.807, 2.05) is 6.92 Å². The lowest BCUT2D eigenvalue weighted by Crippen LogP contribution is -2.43. The summed E-state index contributed by atoms with van der Waals surface area (Å²) in [4.78, 5) is 27.8. The fourth-order valence-electron chi connectivity index (χ4n) is 3.67. The number of nitrogen functional groups attached to an aromatic ring is 1. The van der Waals surface area contributed by atoms with Gasteiger partial charge in [0.25, 0.3) is 0 Å². The van der Waals surface area contributed by atoms with E-state index in [4.69, 9.17) is 11.1 Å². The summed E-state index contributed by atoms with van der Waals surface area (Å²) in [5.74, 6) is -1.40. The lowest BCUT2D eigenvalue weighted by molar-refractivity contribution is -0.138. The molecule has 5 N–H and O–H groups in total. The molecule has 2 aromatic carbocycles. The maximum Gasteiger partial charge on any atom is 0.329 e. The van der Waals surface area contributed by atoms with E-state index in [1.165, 1.54) is 0 Å². The third-order valence-electron chi connectivity index (χ3n) is 5.57. The Hall–Kier alpha value is -3.44. The molecule has 182 valence electrons. The summed E-state index contributed by atoms with van der Waals surface area (Å²) in [6.45, 7) is 2.82. The second kappa shape index (κ2) is 10.7. The van der Waals surface area contributed by atoms with Crippen LogP contribution in [0, 0.1) is 5.41 Å². The van der Waals surface area contributed by atoms with Crippen LogP contribution in [0.1, 0.15) is 30.9 Å². The molecule has 11 heteroatoms. The number of carbonyl (C=O) groups excluding carboxylic acids is 1. The van der Waals surface area contributed by atoms with Gasteiger partial charge < -0.3 is 10.8 Å². The van der Waals surface area contributed by atoms with Crippen LogP contribution in [-0.4, -0.2) is 56.2 Å². The van der Waals surface area contributed by atoms with E-state index in [0.29, 0.717) is 48.4 Å². The molecule has 2 aromatic rings. The zero-order chi connectivity index (χ0) is 24.9. The van der Waals surface area contributed by atoms with Gasteiger partial charge in [-0.25, -0.2) is 17.9 Å². The molecule has 0 radical (unpaired) electrons. The number of hydrogen-bond acceptors (Lipinski definition) is 5. The molecule has 1 fully saturated rings. The molecule has 1 saturated heterocycles. The average Bonchev–Trinajstić information content (AvgIpc) is 3.19. The number of nitrogens with zero attached hydrogens (tertiary/aromatic N) is 2. The molecule has 10 nitrogen and oxygen atoms in total. The Kier molecular flexibility index (Phi) is 7.90. The van der Waals surface area contributed by atoms with E-state index < -0.39 is 22.0 Å². The normalized spacial score (nSPS) is 14.9. The van der Waals surface area contributed by atoms with E-state index in [2.05, 4.69) is 4.72 Å². The number of unbranched alkanes of at least 4 members (excludes halogenated alkanes) is 1. The van der Waals surface area contributed by atoms with Crippen LogP contribution in [0.3, 0.4) is 0 Å². The number of amidine groups is 1. The number of rotatable bonds is 11. The quantitative estimate of drug-likeness (QED) is 0.281. The number of amides is 2. The summed E-state index contributed by atoms with van der Waals surface area (Å²) in [6, 6.07) is 12.2. The monoisotopic (exact) mass is 487 g/mol. The molecule has 0 aliphatic carbocycles. The van der Waals surface area contributed by atoms with Gasteiger partial charge in [-0.15, -0.1) is 0 Å². The molecule has 1 heterocycles. The molecule has 1 aliphatic heterocycles. The number of carbonyl (C=O) groups is 2. The number of aliphatic carboxylic acids is 1. The zero-order valence-corrected chi connectivity index (χ0v) is 19.7. The van der Waals surface area contributed by atoms with Gasteiger partial charge in [-0.1, -0.05) is 25.5 Å². The minimum atomic E-state index is -3.68. The molecule has 0 aromatic heterocycles. The summed E-state index contributed by atoms with van der Waals surface area (Å²) < 4.78 is 26.5. The molecule has 0 spiro atoms. The number of benzene rings is 2. The van der Waals surface area contributed by atoms with E-state index in [0.717, 1.165) is 0 Å². The zero-order valence-electron chi connectivity index (χ0n) is 18.9.